The Morgan fingerprint density at radius 2 is 1.73 bits per heavy atom. The third-order valence-electron chi connectivity index (χ3n) is 4.55. The zero-order valence-corrected chi connectivity index (χ0v) is 18.6. The topological polar surface area (TPSA) is 82.0 Å². The summed E-state index contributed by atoms with van der Waals surface area (Å²) in [6, 6.07) is 17.0. The van der Waals surface area contributed by atoms with Crippen LogP contribution in [0.15, 0.2) is 59.5 Å². The standard InChI is InChI=1S/C23H32N2O4S/c1-17(2)14-25(30-20-11-9-19(16-26)10-12-20)15-22(27)21(24-23(28)29-3)13-18-7-5-4-6-8-18/h4-12,17,21-22,26-27H,13-16H2,1-3H3,(H,24,28)/t21?,22-/m0/s1. The number of alkyl carbamates (subject to hydrolysis) is 1. The number of methoxy groups -OCH3 is 1. The maximum atomic E-state index is 11.8. The average molecular weight is 433 g/mol. The molecule has 2 atom stereocenters. The Morgan fingerprint density at radius 3 is 2.30 bits per heavy atom. The van der Waals surface area contributed by atoms with E-state index in [1.807, 2.05) is 54.6 Å². The zero-order valence-electron chi connectivity index (χ0n) is 17.8. The minimum Gasteiger partial charge on any atom is -0.453 e. The molecular formula is C23H32N2O4S. The molecule has 0 aliphatic rings. The number of carbonyl (C=O) groups excluding carboxylic acids is 1. The van der Waals surface area contributed by atoms with Gasteiger partial charge in [0, 0.05) is 18.0 Å². The summed E-state index contributed by atoms with van der Waals surface area (Å²) >= 11 is 1.56. The molecular weight excluding hydrogens is 400 g/mol. The molecule has 30 heavy (non-hydrogen) atoms. The molecule has 1 unspecified atom stereocenters. The van der Waals surface area contributed by atoms with Gasteiger partial charge in [-0.05, 0) is 47.5 Å². The highest BCUT2D eigenvalue weighted by molar-refractivity contribution is 7.97. The van der Waals surface area contributed by atoms with Gasteiger partial charge in [-0.3, -0.25) is 0 Å². The Kier molecular flexibility index (Phi) is 10.2. The number of carbonyl (C=O) groups is 1. The first kappa shape index (κ1) is 24.2. The smallest absolute Gasteiger partial charge is 0.407 e. The first-order chi connectivity index (χ1) is 14.4. The monoisotopic (exact) mass is 432 g/mol. The molecule has 0 heterocycles. The van der Waals surface area contributed by atoms with Crippen LogP contribution in [0.5, 0.6) is 0 Å². The van der Waals surface area contributed by atoms with E-state index in [9.17, 15) is 15.0 Å². The molecule has 0 bridgehead atoms. The van der Waals surface area contributed by atoms with Gasteiger partial charge in [-0.2, -0.15) is 0 Å². The normalized spacial score (nSPS) is 13.3. The fourth-order valence-corrected chi connectivity index (χ4v) is 4.21. The fraction of sp³-hybridized carbons (Fsp3) is 0.435. The van der Waals surface area contributed by atoms with E-state index in [4.69, 9.17) is 4.74 Å². The Balaban J connectivity index is 2.11. The summed E-state index contributed by atoms with van der Waals surface area (Å²) in [5.41, 5.74) is 1.89. The largest absolute Gasteiger partial charge is 0.453 e. The van der Waals surface area contributed by atoms with Gasteiger partial charge in [0.1, 0.15) is 0 Å². The fourth-order valence-electron chi connectivity index (χ4n) is 3.06. The van der Waals surface area contributed by atoms with E-state index in [2.05, 4.69) is 23.5 Å². The second-order valence-corrected chi connectivity index (χ2v) is 8.80. The lowest BCUT2D eigenvalue weighted by Gasteiger charge is -2.30. The Hall–Kier alpha value is -2.06. The summed E-state index contributed by atoms with van der Waals surface area (Å²) in [4.78, 5) is 12.9. The van der Waals surface area contributed by atoms with Gasteiger partial charge in [0.15, 0.2) is 0 Å². The van der Waals surface area contributed by atoms with Gasteiger partial charge in [-0.15, -0.1) is 0 Å². The van der Waals surface area contributed by atoms with Gasteiger partial charge in [0.2, 0.25) is 0 Å². The molecule has 2 rings (SSSR count). The van der Waals surface area contributed by atoms with Gasteiger partial charge in [0.25, 0.3) is 0 Å². The number of rotatable bonds is 11. The van der Waals surface area contributed by atoms with Crippen molar-refractivity contribution in [3.63, 3.8) is 0 Å². The van der Waals surface area contributed by atoms with Crippen LogP contribution < -0.4 is 5.32 Å². The van der Waals surface area contributed by atoms with Crippen LogP contribution in [0.4, 0.5) is 4.79 Å². The zero-order chi connectivity index (χ0) is 21.9. The Labute approximate surface area is 183 Å². The minimum atomic E-state index is -0.785. The van der Waals surface area contributed by atoms with E-state index in [1.165, 1.54) is 7.11 Å². The molecule has 3 N–H and O–H groups in total. The second-order valence-electron chi connectivity index (χ2n) is 7.63. The van der Waals surface area contributed by atoms with Crippen LogP contribution in [-0.2, 0) is 17.8 Å². The number of aliphatic hydroxyl groups excluding tert-OH is 2. The third-order valence-corrected chi connectivity index (χ3v) is 5.59. The molecule has 0 radical (unpaired) electrons. The van der Waals surface area contributed by atoms with Crippen LogP contribution >= 0.6 is 11.9 Å². The Bertz CT molecular complexity index is 756. The lowest BCUT2D eigenvalue weighted by molar-refractivity contribution is 0.0968. The van der Waals surface area contributed by atoms with Gasteiger partial charge in [-0.25, -0.2) is 9.10 Å². The number of nitrogens with zero attached hydrogens (tertiary/aromatic N) is 1. The number of nitrogens with one attached hydrogen (secondary N) is 1. The van der Waals surface area contributed by atoms with E-state index >= 15 is 0 Å². The Morgan fingerprint density at radius 1 is 1.07 bits per heavy atom. The molecule has 0 spiro atoms. The van der Waals surface area contributed by atoms with Crippen molar-refractivity contribution in [2.75, 3.05) is 20.2 Å². The predicted octanol–water partition coefficient (Wildman–Crippen LogP) is 3.47. The summed E-state index contributed by atoms with van der Waals surface area (Å²) < 4.78 is 6.87. The highest BCUT2D eigenvalue weighted by Crippen LogP contribution is 2.25. The van der Waals surface area contributed by atoms with E-state index in [1.54, 1.807) is 11.9 Å². The molecule has 1 amide bonds. The van der Waals surface area contributed by atoms with E-state index < -0.39 is 18.2 Å². The third kappa shape index (κ3) is 8.36. The van der Waals surface area contributed by atoms with Crippen LogP contribution in [0.25, 0.3) is 0 Å². The molecule has 0 saturated carbocycles. The maximum Gasteiger partial charge on any atom is 0.407 e. The summed E-state index contributed by atoms with van der Waals surface area (Å²) in [5.74, 6) is 0.405. The first-order valence-electron chi connectivity index (χ1n) is 10.1. The van der Waals surface area contributed by atoms with Crippen molar-refractivity contribution in [2.24, 2.45) is 5.92 Å². The SMILES string of the molecule is COC(=O)NC(Cc1ccccc1)[C@@H](O)CN(CC(C)C)Sc1ccc(CO)cc1. The van der Waals surface area contributed by atoms with Crippen molar-refractivity contribution in [1.29, 1.82) is 0 Å². The van der Waals surface area contributed by atoms with Gasteiger partial charge in [0.05, 0.1) is 25.9 Å². The lowest BCUT2D eigenvalue weighted by atomic mass is 10.0. The molecule has 164 valence electrons. The summed E-state index contributed by atoms with van der Waals surface area (Å²) in [6.07, 6.45) is -0.840. The molecule has 6 nitrogen and oxygen atoms in total. The van der Waals surface area contributed by atoms with Crippen molar-refractivity contribution in [1.82, 2.24) is 9.62 Å². The molecule has 7 heteroatoms. The highest BCUT2D eigenvalue weighted by Gasteiger charge is 2.25. The predicted molar refractivity (Wildman–Crippen MR) is 120 cm³/mol. The molecule has 0 saturated heterocycles. The van der Waals surface area contributed by atoms with Crippen molar-refractivity contribution < 1.29 is 19.7 Å². The van der Waals surface area contributed by atoms with Crippen molar-refractivity contribution in [3.8, 4) is 0 Å². The maximum absolute atomic E-state index is 11.8. The molecule has 0 aliphatic heterocycles. The van der Waals surface area contributed by atoms with Crippen LogP contribution in [0.1, 0.15) is 25.0 Å². The highest BCUT2D eigenvalue weighted by atomic mass is 32.2. The molecule has 0 fully saturated rings. The lowest BCUT2D eigenvalue weighted by Crippen LogP contribution is -2.49. The number of benzene rings is 2. The van der Waals surface area contributed by atoms with Crippen LogP contribution in [0.3, 0.4) is 0 Å². The van der Waals surface area contributed by atoms with Crippen molar-refractivity contribution in [3.05, 3.63) is 65.7 Å². The minimum absolute atomic E-state index is 0.0136. The summed E-state index contributed by atoms with van der Waals surface area (Å²) in [7, 11) is 1.32. The molecule has 0 aromatic heterocycles. The van der Waals surface area contributed by atoms with E-state index in [-0.39, 0.29) is 6.61 Å². The van der Waals surface area contributed by atoms with Crippen LogP contribution in [-0.4, -0.2) is 53.0 Å². The average Bonchev–Trinajstić information content (AvgIpc) is 2.73. The van der Waals surface area contributed by atoms with Gasteiger partial charge >= 0.3 is 6.09 Å². The number of hydrogen-bond acceptors (Lipinski definition) is 6. The van der Waals surface area contributed by atoms with Crippen LogP contribution in [0.2, 0.25) is 0 Å². The van der Waals surface area contributed by atoms with Gasteiger partial charge < -0.3 is 20.3 Å². The molecule has 2 aromatic rings. The summed E-state index contributed by atoms with van der Waals surface area (Å²) in [5, 5.41) is 23.0. The number of amides is 1. The number of aliphatic hydroxyl groups is 2. The van der Waals surface area contributed by atoms with Crippen molar-refractivity contribution >= 4 is 18.0 Å². The number of ether oxygens (including phenoxy) is 1. The molecule has 2 aromatic carbocycles. The summed E-state index contributed by atoms with van der Waals surface area (Å²) in [6.45, 7) is 5.43. The van der Waals surface area contributed by atoms with Crippen LogP contribution in [0, 0.1) is 5.92 Å². The first-order valence-corrected chi connectivity index (χ1v) is 10.9. The van der Waals surface area contributed by atoms with Crippen molar-refractivity contribution in [2.45, 2.75) is 43.9 Å². The quantitative estimate of drug-likeness (QED) is 0.472. The van der Waals surface area contributed by atoms with E-state index in [0.29, 0.717) is 18.9 Å². The second kappa shape index (κ2) is 12.6. The number of hydrogen-bond donors (Lipinski definition) is 3. The van der Waals surface area contributed by atoms with Gasteiger partial charge in [-0.1, -0.05) is 56.3 Å². The van der Waals surface area contributed by atoms with E-state index in [0.717, 1.165) is 22.6 Å². The molecule has 0 aliphatic carbocycles.